The molecule has 1 aliphatic heterocycles. The van der Waals surface area contributed by atoms with Gasteiger partial charge in [-0.3, -0.25) is 4.79 Å². The van der Waals surface area contributed by atoms with Crippen molar-refractivity contribution in [3.63, 3.8) is 0 Å². The molecule has 0 spiro atoms. The van der Waals surface area contributed by atoms with Crippen LogP contribution in [-0.4, -0.2) is 40.6 Å². The molecule has 1 aliphatic rings. The minimum absolute atomic E-state index is 0.0966. The van der Waals surface area contributed by atoms with Gasteiger partial charge in [0.05, 0.1) is 22.7 Å². The van der Waals surface area contributed by atoms with Crippen molar-refractivity contribution in [3.05, 3.63) is 58.7 Å². The molecule has 0 aliphatic carbocycles. The van der Waals surface area contributed by atoms with Gasteiger partial charge in [-0.25, -0.2) is 9.37 Å². The summed E-state index contributed by atoms with van der Waals surface area (Å²) in [5.74, 6) is -0.325. The third-order valence-electron chi connectivity index (χ3n) is 5.12. The smallest absolute Gasteiger partial charge is 0.259 e. The van der Waals surface area contributed by atoms with Gasteiger partial charge in [0.1, 0.15) is 5.82 Å². The number of nitrogens with one attached hydrogen (secondary N) is 1. The monoisotopic (exact) mass is 382 g/mol. The molecule has 7 heteroatoms. The van der Waals surface area contributed by atoms with Crippen LogP contribution in [0.3, 0.4) is 0 Å². The van der Waals surface area contributed by atoms with Crippen molar-refractivity contribution in [1.29, 1.82) is 0 Å². The maximum absolute atomic E-state index is 13.8. The number of rotatable bonds is 3. The van der Waals surface area contributed by atoms with E-state index in [0.29, 0.717) is 42.0 Å². The predicted octanol–water partition coefficient (Wildman–Crippen LogP) is 3.58. The molecule has 146 valence electrons. The first-order chi connectivity index (χ1) is 13.5. The van der Waals surface area contributed by atoms with Gasteiger partial charge in [0.25, 0.3) is 11.6 Å². The molecule has 3 aromatic rings. The third kappa shape index (κ3) is 3.26. The highest BCUT2D eigenvalue weighted by Crippen LogP contribution is 2.31. The van der Waals surface area contributed by atoms with Crippen molar-refractivity contribution in [3.8, 4) is 0 Å². The SMILES string of the molecule is Cc1cc(C(=O)N2CCNCC2c2cccc(F)c2)c2c(C(C)C)noc2n1. The number of nitrogens with zero attached hydrogens (tertiary/aromatic N) is 3. The van der Waals surface area contributed by atoms with Crippen LogP contribution in [0.25, 0.3) is 11.1 Å². The molecule has 1 N–H and O–H groups in total. The number of aryl methyl sites for hydroxylation is 1. The van der Waals surface area contributed by atoms with Crippen LogP contribution < -0.4 is 5.32 Å². The number of benzene rings is 1. The van der Waals surface area contributed by atoms with Crippen LogP contribution in [0.15, 0.2) is 34.9 Å². The van der Waals surface area contributed by atoms with Crippen LogP contribution in [0.4, 0.5) is 4.39 Å². The summed E-state index contributed by atoms with van der Waals surface area (Å²) in [5, 5.41) is 8.11. The summed E-state index contributed by atoms with van der Waals surface area (Å²) in [7, 11) is 0. The Kier molecular flexibility index (Phi) is 4.85. The highest BCUT2D eigenvalue weighted by molar-refractivity contribution is 6.06. The molecule has 0 bridgehead atoms. The second kappa shape index (κ2) is 7.31. The number of carbonyl (C=O) groups excluding carboxylic acids is 1. The fourth-order valence-corrected chi connectivity index (χ4v) is 3.77. The average Bonchev–Trinajstić information content (AvgIpc) is 3.11. The second-order valence-corrected chi connectivity index (χ2v) is 7.49. The summed E-state index contributed by atoms with van der Waals surface area (Å²) in [6, 6.07) is 7.97. The van der Waals surface area contributed by atoms with Crippen LogP contribution in [0.5, 0.6) is 0 Å². The minimum Gasteiger partial charge on any atom is -0.335 e. The van der Waals surface area contributed by atoms with E-state index in [0.717, 1.165) is 11.3 Å². The predicted molar refractivity (Wildman–Crippen MR) is 104 cm³/mol. The van der Waals surface area contributed by atoms with Gasteiger partial charge in [-0.15, -0.1) is 0 Å². The van der Waals surface area contributed by atoms with E-state index in [4.69, 9.17) is 4.52 Å². The molecule has 1 saturated heterocycles. The summed E-state index contributed by atoms with van der Waals surface area (Å²) in [6.07, 6.45) is 0. The van der Waals surface area contributed by atoms with Crippen molar-refractivity contribution >= 4 is 17.0 Å². The van der Waals surface area contributed by atoms with Crippen LogP contribution in [-0.2, 0) is 0 Å². The molecule has 0 radical (unpaired) electrons. The number of carbonyl (C=O) groups is 1. The van der Waals surface area contributed by atoms with E-state index in [9.17, 15) is 9.18 Å². The molecule has 1 aromatic carbocycles. The maximum Gasteiger partial charge on any atom is 0.259 e. The number of pyridine rings is 1. The van der Waals surface area contributed by atoms with Crippen molar-refractivity contribution in [2.24, 2.45) is 0 Å². The number of aromatic nitrogens is 2. The van der Waals surface area contributed by atoms with E-state index in [1.165, 1.54) is 12.1 Å². The first-order valence-corrected chi connectivity index (χ1v) is 9.49. The lowest BCUT2D eigenvalue weighted by molar-refractivity contribution is 0.0635. The van der Waals surface area contributed by atoms with Gasteiger partial charge in [-0.2, -0.15) is 0 Å². The Morgan fingerprint density at radius 3 is 2.93 bits per heavy atom. The Bertz CT molecular complexity index is 1030. The number of hydrogen-bond acceptors (Lipinski definition) is 5. The number of halogens is 1. The van der Waals surface area contributed by atoms with Gasteiger partial charge < -0.3 is 14.7 Å². The molecule has 1 fully saturated rings. The standard InChI is InChI=1S/C21H23FN4O2/c1-12(2)19-18-16(9-13(3)24-20(18)28-25-19)21(27)26-8-7-23-11-17(26)14-5-4-6-15(22)10-14/h4-6,9-10,12,17,23H,7-8,11H2,1-3H3. The molecule has 2 aromatic heterocycles. The number of piperazine rings is 1. The van der Waals surface area contributed by atoms with Gasteiger partial charge in [0, 0.05) is 25.3 Å². The lowest BCUT2D eigenvalue weighted by Gasteiger charge is -2.36. The van der Waals surface area contributed by atoms with Gasteiger partial charge in [0.2, 0.25) is 0 Å². The highest BCUT2D eigenvalue weighted by atomic mass is 19.1. The molecular formula is C21H23FN4O2. The number of hydrogen-bond donors (Lipinski definition) is 1. The molecular weight excluding hydrogens is 359 g/mol. The van der Waals surface area contributed by atoms with Crippen molar-refractivity contribution in [2.45, 2.75) is 32.7 Å². The van der Waals surface area contributed by atoms with E-state index in [-0.39, 0.29) is 23.7 Å². The van der Waals surface area contributed by atoms with Crippen molar-refractivity contribution < 1.29 is 13.7 Å². The molecule has 0 saturated carbocycles. The van der Waals surface area contributed by atoms with Gasteiger partial charge >= 0.3 is 0 Å². The molecule has 6 nitrogen and oxygen atoms in total. The molecule has 1 amide bonds. The topological polar surface area (TPSA) is 71.3 Å². The maximum atomic E-state index is 13.8. The quantitative estimate of drug-likeness (QED) is 0.750. The Labute approximate surface area is 162 Å². The highest BCUT2D eigenvalue weighted by Gasteiger charge is 2.31. The Hall–Kier alpha value is -2.80. The fourth-order valence-electron chi connectivity index (χ4n) is 3.77. The summed E-state index contributed by atoms with van der Waals surface area (Å²) < 4.78 is 19.2. The zero-order valence-corrected chi connectivity index (χ0v) is 16.2. The van der Waals surface area contributed by atoms with Crippen LogP contribution in [0.2, 0.25) is 0 Å². The van der Waals surface area contributed by atoms with Crippen LogP contribution in [0, 0.1) is 12.7 Å². The molecule has 4 rings (SSSR count). The summed E-state index contributed by atoms with van der Waals surface area (Å²) in [6.45, 7) is 7.63. The lowest BCUT2D eigenvalue weighted by atomic mass is 9.99. The van der Waals surface area contributed by atoms with E-state index >= 15 is 0 Å². The van der Waals surface area contributed by atoms with E-state index in [2.05, 4.69) is 15.5 Å². The summed E-state index contributed by atoms with van der Waals surface area (Å²) in [4.78, 5) is 19.8. The summed E-state index contributed by atoms with van der Waals surface area (Å²) in [5.41, 5.74) is 3.11. The van der Waals surface area contributed by atoms with Gasteiger partial charge in [0.15, 0.2) is 0 Å². The lowest BCUT2D eigenvalue weighted by Crippen LogP contribution is -2.48. The van der Waals surface area contributed by atoms with E-state index in [1.54, 1.807) is 17.0 Å². The first kappa shape index (κ1) is 18.6. The van der Waals surface area contributed by atoms with E-state index in [1.807, 2.05) is 26.8 Å². The molecule has 28 heavy (non-hydrogen) atoms. The van der Waals surface area contributed by atoms with Gasteiger partial charge in [-0.05, 0) is 36.6 Å². The normalized spacial score (nSPS) is 17.5. The Morgan fingerprint density at radius 2 is 2.18 bits per heavy atom. The molecule has 3 heterocycles. The number of fused-ring (bicyclic) bond motifs is 1. The average molecular weight is 382 g/mol. The number of amides is 1. The van der Waals surface area contributed by atoms with Crippen molar-refractivity contribution in [1.82, 2.24) is 20.4 Å². The van der Waals surface area contributed by atoms with E-state index < -0.39 is 0 Å². The molecule has 1 unspecified atom stereocenters. The molecule has 1 atom stereocenters. The fraction of sp³-hybridized carbons (Fsp3) is 0.381. The first-order valence-electron chi connectivity index (χ1n) is 9.49. The Morgan fingerprint density at radius 1 is 1.36 bits per heavy atom. The third-order valence-corrected chi connectivity index (χ3v) is 5.12. The van der Waals surface area contributed by atoms with Crippen LogP contribution >= 0.6 is 0 Å². The van der Waals surface area contributed by atoms with Gasteiger partial charge in [-0.1, -0.05) is 31.1 Å². The minimum atomic E-state index is -0.307. The van der Waals surface area contributed by atoms with Crippen LogP contribution in [0.1, 0.15) is 53.1 Å². The zero-order valence-electron chi connectivity index (χ0n) is 16.2. The largest absolute Gasteiger partial charge is 0.335 e. The summed E-state index contributed by atoms with van der Waals surface area (Å²) >= 11 is 0. The Balaban J connectivity index is 1.80. The van der Waals surface area contributed by atoms with Crippen molar-refractivity contribution in [2.75, 3.05) is 19.6 Å². The second-order valence-electron chi connectivity index (χ2n) is 7.49. The zero-order chi connectivity index (χ0) is 19.8.